The zero-order valence-corrected chi connectivity index (χ0v) is 21.3. The highest BCUT2D eigenvalue weighted by molar-refractivity contribution is 8.00. The zero-order chi connectivity index (χ0) is 24.8. The number of aryl methyl sites for hydroxylation is 3. The van der Waals surface area contributed by atoms with Crippen LogP contribution in [0.15, 0.2) is 78.0 Å². The van der Waals surface area contributed by atoms with Crippen LogP contribution in [0.3, 0.4) is 0 Å². The maximum absolute atomic E-state index is 13.1. The molecule has 3 aromatic carbocycles. The van der Waals surface area contributed by atoms with Crippen LogP contribution >= 0.6 is 11.8 Å². The normalized spacial score (nSPS) is 11.8. The molecule has 0 bridgehead atoms. The number of benzene rings is 3. The maximum Gasteiger partial charge on any atom is 0.237 e. The number of amides is 1. The number of thioether (sulfide) groups is 1. The third kappa shape index (κ3) is 5.74. The molecular formula is C28H30N4O2S. The second-order valence-electron chi connectivity index (χ2n) is 8.41. The van der Waals surface area contributed by atoms with Crippen molar-refractivity contribution < 1.29 is 9.53 Å². The fraction of sp³-hybridized carbons (Fsp3) is 0.250. The van der Waals surface area contributed by atoms with Crippen LogP contribution in [0, 0.1) is 13.8 Å². The number of para-hydroxylation sites is 2. The number of nitrogens with zero attached hydrogens (tertiary/aromatic N) is 3. The number of aromatic nitrogens is 3. The Balaban J connectivity index is 1.61. The van der Waals surface area contributed by atoms with Gasteiger partial charge in [-0.15, -0.1) is 10.2 Å². The summed E-state index contributed by atoms with van der Waals surface area (Å²) in [7, 11) is 1.65. The van der Waals surface area contributed by atoms with Gasteiger partial charge >= 0.3 is 0 Å². The number of nitrogens with one attached hydrogen (secondary N) is 1. The van der Waals surface area contributed by atoms with E-state index in [4.69, 9.17) is 4.74 Å². The minimum absolute atomic E-state index is 0.0659. The molecule has 1 N–H and O–H groups in total. The van der Waals surface area contributed by atoms with Gasteiger partial charge in [-0.2, -0.15) is 0 Å². The largest absolute Gasteiger partial charge is 0.496 e. The van der Waals surface area contributed by atoms with Gasteiger partial charge in [0.2, 0.25) is 5.91 Å². The summed E-state index contributed by atoms with van der Waals surface area (Å²) in [6, 6.07) is 24.1. The van der Waals surface area contributed by atoms with E-state index in [2.05, 4.69) is 32.2 Å². The molecule has 0 saturated heterocycles. The van der Waals surface area contributed by atoms with Crippen LogP contribution in [-0.4, -0.2) is 33.0 Å². The molecule has 0 aliphatic carbocycles. The number of carbonyl (C=O) groups excluding carboxylic acids is 1. The number of anilines is 1. The highest BCUT2D eigenvalue weighted by atomic mass is 32.2. The molecule has 1 unspecified atom stereocenters. The lowest BCUT2D eigenvalue weighted by molar-refractivity contribution is -0.115. The molecule has 4 aromatic rings. The van der Waals surface area contributed by atoms with E-state index in [0.717, 1.165) is 40.4 Å². The van der Waals surface area contributed by atoms with E-state index in [9.17, 15) is 4.79 Å². The number of methoxy groups -OCH3 is 1. The summed E-state index contributed by atoms with van der Waals surface area (Å²) >= 11 is 1.41. The molecule has 1 aromatic heterocycles. The Kier molecular flexibility index (Phi) is 7.87. The van der Waals surface area contributed by atoms with E-state index >= 15 is 0 Å². The summed E-state index contributed by atoms with van der Waals surface area (Å²) in [5.74, 6) is 1.39. The van der Waals surface area contributed by atoms with Crippen LogP contribution in [0.2, 0.25) is 0 Å². The molecule has 0 aliphatic heterocycles. The molecule has 4 rings (SSSR count). The number of carbonyl (C=O) groups is 1. The molecule has 0 aliphatic rings. The first-order chi connectivity index (χ1) is 17.0. The van der Waals surface area contributed by atoms with Gasteiger partial charge in [0.25, 0.3) is 0 Å². The molecule has 0 saturated carbocycles. The van der Waals surface area contributed by atoms with Gasteiger partial charge in [-0.25, -0.2) is 0 Å². The van der Waals surface area contributed by atoms with E-state index in [-0.39, 0.29) is 11.2 Å². The molecule has 35 heavy (non-hydrogen) atoms. The fourth-order valence-corrected chi connectivity index (χ4v) is 4.81. The Morgan fingerprint density at radius 1 is 0.971 bits per heavy atom. The minimum Gasteiger partial charge on any atom is -0.496 e. The summed E-state index contributed by atoms with van der Waals surface area (Å²) in [6.07, 6.45) is 0.817. The van der Waals surface area contributed by atoms with Crippen molar-refractivity contribution in [3.63, 3.8) is 0 Å². The Morgan fingerprint density at radius 3 is 2.37 bits per heavy atom. The lowest BCUT2D eigenvalue weighted by Crippen LogP contribution is -2.24. The Bertz CT molecular complexity index is 1280. The molecule has 7 heteroatoms. The fourth-order valence-electron chi connectivity index (χ4n) is 3.94. The number of hydrogen-bond donors (Lipinski definition) is 1. The van der Waals surface area contributed by atoms with Crippen LogP contribution in [0.1, 0.15) is 23.6 Å². The van der Waals surface area contributed by atoms with Crippen molar-refractivity contribution in [2.75, 3.05) is 12.4 Å². The van der Waals surface area contributed by atoms with E-state index in [1.807, 2.05) is 81.4 Å². The van der Waals surface area contributed by atoms with Crippen molar-refractivity contribution in [1.82, 2.24) is 14.8 Å². The number of hydrogen-bond acceptors (Lipinski definition) is 5. The molecule has 6 nitrogen and oxygen atoms in total. The Hall–Kier alpha value is -3.58. The summed E-state index contributed by atoms with van der Waals surface area (Å²) in [5.41, 5.74) is 5.05. The van der Waals surface area contributed by atoms with Crippen LogP contribution in [0.5, 0.6) is 5.75 Å². The lowest BCUT2D eigenvalue weighted by atomic mass is 10.1. The van der Waals surface area contributed by atoms with Crippen molar-refractivity contribution in [3.8, 4) is 17.1 Å². The lowest BCUT2D eigenvalue weighted by Gasteiger charge is -2.16. The summed E-state index contributed by atoms with van der Waals surface area (Å²) < 4.78 is 7.66. The topological polar surface area (TPSA) is 69.0 Å². The van der Waals surface area contributed by atoms with Gasteiger partial charge in [-0.3, -0.25) is 4.79 Å². The SMILES string of the molecule is COc1ccccc1-c1nnc(SC(C)C(=O)Nc2c(C)cccc2C)n1CCc1ccccc1. The molecule has 1 atom stereocenters. The highest BCUT2D eigenvalue weighted by Crippen LogP contribution is 2.32. The monoisotopic (exact) mass is 486 g/mol. The van der Waals surface area contributed by atoms with Crippen molar-refractivity contribution in [2.45, 2.75) is 44.1 Å². The third-order valence-electron chi connectivity index (χ3n) is 5.91. The van der Waals surface area contributed by atoms with Gasteiger partial charge in [-0.05, 0) is 56.0 Å². The second-order valence-corrected chi connectivity index (χ2v) is 9.72. The summed E-state index contributed by atoms with van der Waals surface area (Å²) in [4.78, 5) is 13.1. The molecular weight excluding hydrogens is 456 g/mol. The van der Waals surface area contributed by atoms with Crippen molar-refractivity contribution >= 4 is 23.4 Å². The van der Waals surface area contributed by atoms with Crippen LogP contribution in [0.25, 0.3) is 11.4 Å². The average molecular weight is 487 g/mol. The zero-order valence-electron chi connectivity index (χ0n) is 20.5. The first kappa shape index (κ1) is 24.5. The Labute approximate surface area is 210 Å². The van der Waals surface area contributed by atoms with Gasteiger partial charge in [0.05, 0.1) is 17.9 Å². The van der Waals surface area contributed by atoms with Crippen molar-refractivity contribution in [2.24, 2.45) is 0 Å². The predicted octanol–water partition coefficient (Wildman–Crippen LogP) is 5.93. The van der Waals surface area contributed by atoms with Gasteiger partial charge in [0, 0.05) is 12.2 Å². The standard InChI is InChI=1S/C28H30N4O2S/c1-19-11-10-12-20(2)25(19)29-27(33)21(3)35-28-31-30-26(23-15-8-9-16-24(23)34-4)32(28)18-17-22-13-6-5-7-14-22/h5-16,21H,17-18H2,1-4H3,(H,29,33). The van der Waals surface area contributed by atoms with Crippen molar-refractivity contribution in [3.05, 3.63) is 89.5 Å². The molecule has 0 fully saturated rings. The van der Waals surface area contributed by atoms with Crippen LogP contribution < -0.4 is 10.1 Å². The first-order valence-electron chi connectivity index (χ1n) is 11.6. The van der Waals surface area contributed by atoms with Crippen LogP contribution in [-0.2, 0) is 17.8 Å². The highest BCUT2D eigenvalue weighted by Gasteiger charge is 2.23. The van der Waals surface area contributed by atoms with E-state index in [1.54, 1.807) is 7.11 Å². The van der Waals surface area contributed by atoms with Crippen LogP contribution in [0.4, 0.5) is 5.69 Å². The number of rotatable bonds is 9. The predicted molar refractivity (Wildman–Crippen MR) is 142 cm³/mol. The number of ether oxygens (including phenoxy) is 1. The molecule has 1 heterocycles. The molecule has 180 valence electrons. The summed E-state index contributed by atoms with van der Waals surface area (Å²) in [6.45, 7) is 6.57. The van der Waals surface area contributed by atoms with Gasteiger partial charge < -0.3 is 14.6 Å². The third-order valence-corrected chi connectivity index (χ3v) is 6.99. The summed E-state index contributed by atoms with van der Waals surface area (Å²) in [5, 5.41) is 12.4. The molecule has 0 spiro atoms. The molecule has 1 amide bonds. The van der Waals surface area contributed by atoms with E-state index in [0.29, 0.717) is 11.7 Å². The second kappa shape index (κ2) is 11.2. The smallest absolute Gasteiger partial charge is 0.237 e. The van der Waals surface area contributed by atoms with E-state index < -0.39 is 0 Å². The average Bonchev–Trinajstić information content (AvgIpc) is 3.27. The van der Waals surface area contributed by atoms with Gasteiger partial charge in [0.15, 0.2) is 11.0 Å². The van der Waals surface area contributed by atoms with Gasteiger partial charge in [-0.1, -0.05) is 72.4 Å². The quantitative estimate of drug-likeness (QED) is 0.297. The van der Waals surface area contributed by atoms with E-state index in [1.165, 1.54) is 17.3 Å². The first-order valence-corrected chi connectivity index (χ1v) is 12.5. The minimum atomic E-state index is -0.362. The molecule has 0 radical (unpaired) electrons. The maximum atomic E-state index is 13.1. The van der Waals surface area contributed by atoms with Crippen molar-refractivity contribution in [1.29, 1.82) is 0 Å². The van der Waals surface area contributed by atoms with Gasteiger partial charge in [0.1, 0.15) is 5.75 Å². The Morgan fingerprint density at radius 2 is 1.66 bits per heavy atom.